The molecule has 35 heavy (non-hydrogen) atoms. The van der Waals surface area contributed by atoms with Gasteiger partial charge in [-0.1, -0.05) is 0 Å². The number of carbonyl (C=O) groups excluding carboxylic acids is 3. The molecule has 2 aromatic rings. The first-order valence-electron chi connectivity index (χ1n) is 10.2. The molecule has 0 bridgehead atoms. The van der Waals surface area contributed by atoms with Crippen molar-refractivity contribution < 1.29 is 83.7 Å². The molecule has 15 heteroatoms. The summed E-state index contributed by atoms with van der Waals surface area (Å²) in [6, 6.07) is 5.07. The van der Waals surface area contributed by atoms with Crippen LogP contribution in [0.15, 0.2) is 29.1 Å². The van der Waals surface area contributed by atoms with E-state index in [-0.39, 0.29) is 88.6 Å². The number of hydrogen-bond donors (Lipinski definition) is 4. The Morgan fingerprint density at radius 1 is 1.20 bits per heavy atom. The quantitative estimate of drug-likeness (QED) is 0.263. The summed E-state index contributed by atoms with van der Waals surface area (Å²) < 4.78 is 0. The van der Waals surface area contributed by atoms with E-state index in [2.05, 4.69) is 20.6 Å². The molecule has 0 radical (unpaired) electrons. The van der Waals surface area contributed by atoms with Crippen LogP contribution in [-0.2, 0) is 9.59 Å². The first-order valence-corrected chi connectivity index (χ1v) is 10.2. The predicted molar refractivity (Wildman–Crippen MR) is 113 cm³/mol. The molecular formula is C20H21N7Na2O6. The summed E-state index contributed by atoms with van der Waals surface area (Å²) in [5.74, 6) is -3.19. The monoisotopic (exact) mass is 501 g/mol. The molecule has 1 aromatic heterocycles. The second-order valence-corrected chi connectivity index (χ2v) is 7.82. The van der Waals surface area contributed by atoms with Gasteiger partial charge in [0.15, 0.2) is 5.82 Å². The van der Waals surface area contributed by atoms with Crippen molar-refractivity contribution in [3.8, 4) is 0 Å². The van der Waals surface area contributed by atoms with Crippen LogP contribution in [0.25, 0.3) is 0 Å². The number of aliphatic carboxylic acids is 2. The number of aromatic nitrogens is 2. The molecule has 2 aliphatic rings. The van der Waals surface area contributed by atoms with Gasteiger partial charge in [-0.3, -0.25) is 14.6 Å². The minimum Gasteiger partial charge on any atom is -0.550 e. The fraction of sp³-hybridized carbons (Fsp3) is 0.350. The standard InChI is InChI=1S/C20H23N7O6.2Na/c21-20-24-16-15(18(31)25-20)27-9-26(8-12(27)7-22-16)11-3-1-10(2-4-11)17(30)23-13(19(32)33)5-6-14(28)29;;/h1-4,12-13H,5-9H2,(H,23,30)(H,28,29)(H,32,33)(H4,21,22,24,25,31);;/q;2*+1/p-2/t12-,13?;;/m1../s1. The van der Waals surface area contributed by atoms with Gasteiger partial charge in [0.2, 0.25) is 5.95 Å². The third-order valence-corrected chi connectivity index (χ3v) is 5.62. The third-order valence-electron chi connectivity index (χ3n) is 5.62. The average molecular weight is 501 g/mol. The number of fused-ring (bicyclic) bond motifs is 3. The summed E-state index contributed by atoms with van der Waals surface area (Å²) in [6.07, 6.45) is -0.859. The maximum Gasteiger partial charge on any atom is 1.00 e. The first-order chi connectivity index (χ1) is 15.7. The van der Waals surface area contributed by atoms with Gasteiger partial charge in [0.1, 0.15) is 5.69 Å². The van der Waals surface area contributed by atoms with Crippen molar-refractivity contribution in [3.05, 3.63) is 40.2 Å². The molecule has 1 saturated heterocycles. The first kappa shape index (κ1) is 28.9. The van der Waals surface area contributed by atoms with Crippen molar-refractivity contribution in [2.24, 2.45) is 0 Å². The van der Waals surface area contributed by atoms with Gasteiger partial charge in [-0.05, 0) is 37.1 Å². The number of carboxylic acid groups (broad SMARTS) is 2. The van der Waals surface area contributed by atoms with Crippen LogP contribution in [0.3, 0.4) is 0 Å². The van der Waals surface area contributed by atoms with E-state index in [0.717, 1.165) is 5.69 Å². The SMILES string of the molecule is Nc1nc2c(c(=O)[nH]1)N1CN(c3ccc(C(=O)NC(CCC(=O)[O-])C(=O)[O-])cc3)C[C@H]1CN2.[Na+].[Na+]. The Hall–Kier alpha value is -2.29. The largest absolute Gasteiger partial charge is 1.00 e. The van der Waals surface area contributed by atoms with Crippen molar-refractivity contribution in [2.75, 3.05) is 40.6 Å². The maximum atomic E-state index is 12.4. The molecule has 174 valence electrons. The summed E-state index contributed by atoms with van der Waals surface area (Å²) in [4.78, 5) is 57.2. The Bertz CT molecular complexity index is 1160. The number of carbonyl (C=O) groups is 3. The van der Waals surface area contributed by atoms with Crippen LogP contribution in [0.5, 0.6) is 0 Å². The summed E-state index contributed by atoms with van der Waals surface area (Å²) in [5.41, 5.74) is 6.72. The summed E-state index contributed by atoms with van der Waals surface area (Å²) in [5, 5.41) is 27.1. The van der Waals surface area contributed by atoms with E-state index in [0.29, 0.717) is 31.3 Å². The van der Waals surface area contributed by atoms with Crippen molar-refractivity contribution in [1.29, 1.82) is 0 Å². The van der Waals surface area contributed by atoms with Crippen LogP contribution in [0.2, 0.25) is 0 Å². The number of nitrogens with zero attached hydrogens (tertiary/aromatic N) is 3. The summed E-state index contributed by atoms with van der Waals surface area (Å²) in [7, 11) is 0. The van der Waals surface area contributed by atoms with Gasteiger partial charge in [0.05, 0.1) is 24.7 Å². The number of H-pyrrole nitrogens is 1. The number of nitrogens with one attached hydrogen (secondary N) is 3. The van der Waals surface area contributed by atoms with E-state index >= 15 is 0 Å². The van der Waals surface area contributed by atoms with Crippen LogP contribution in [0.4, 0.5) is 23.1 Å². The number of amides is 1. The van der Waals surface area contributed by atoms with Gasteiger partial charge < -0.3 is 46.0 Å². The molecule has 4 rings (SSSR count). The number of aromatic amines is 1. The molecule has 3 heterocycles. The summed E-state index contributed by atoms with van der Waals surface area (Å²) in [6.45, 7) is 1.63. The van der Waals surface area contributed by atoms with E-state index in [4.69, 9.17) is 5.73 Å². The Balaban J connectivity index is 0.00000216. The van der Waals surface area contributed by atoms with E-state index in [1.165, 1.54) is 12.1 Å². The normalized spacial score (nSPS) is 16.5. The second kappa shape index (κ2) is 12.1. The van der Waals surface area contributed by atoms with Gasteiger partial charge in [-0.25, -0.2) is 0 Å². The van der Waals surface area contributed by atoms with E-state index < -0.39 is 30.3 Å². The van der Waals surface area contributed by atoms with Crippen LogP contribution in [-0.4, -0.2) is 59.7 Å². The van der Waals surface area contributed by atoms with Crippen LogP contribution >= 0.6 is 0 Å². The minimum atomic E-state index is -1.57. The molecular weight excluding hydrogens is 480 g/mol. The molecule has 1 amide bonds. The molecule has 1 fully saturated rings. The minimum absolute atomic E-state index is 0. The molecule has 2 atom stereocenters. The Kier molecular flexibility index (Phi) is 10.0. The average Bonchev–Trinajstić information content (AvgIpc) is 3.20. The zero-order valence-electron chi connectivity index (χ0n) is 19.4. The fourth-order valence-corrected chi connectivity index (χ4v) is 3.99. The molecule has 0 aliphatic carbocycles. The van der Waals surface area contributed by atoms with Crippen LogP contribution in [0, 0.1) is 0 Å². The predicted octanol–water partition coefficient (Wildman–Crippen LogP) is -9.18. The Labute approximate surface area is 244 Å². The Morgan fingerprint density at radius 2 is 1.89 bits per heavy atom. The zero-order chi connectivity index (χ0) is 23.7. The Morgan fingerprint density at radius 3 is 2.51 bits per heavy atom. The van der Waals surface area contributed by atoms with Crippen molar-refractivity contribution >= 4 is 41.0 Å². The van der Waals surface area contributed by atoms with Crippen molar-refractivity contribution in [3.63, 3.8) is 0 Å². The molecule has 13 nitrogen and oxygen atoms in total. The van der Waals surface area contributed by atoms with E-state index in [1.807, 2.05) is 9.80 Å². The van der Waals surface area contributed by atoms with E-state index in [1.54, 1.807) is 12.1 Å². The van der Waals surface area contributed by atoms with Gasteiger partial charge in [-0.15, -0.1) is 0 Å². The number of nitrogens with two attached hydrogens (primary N) is 1. The van der Waals surface area contributed by atoms with Crippen molar-refractivity contribution in [1.82, 2.24) is 15.3 Å². The topological polar surface area (TPSA) is 200 Å². The fourth-order valence-electron chi connectivity index (χ4n) is 3.99. The smallest absolute Gasteiger partial charge is 0.550 e. The number of hydrogen-bond acceptors (Lipinski definition) is 11. The van der Waals surface area contributed by atoms with Gasteiger partial charge in [0.25, 0.3) is 11.5 Å². The van der Waals surface area contributed by atoms with Crippen molar-refractivity contribution in [2.45, 2.75) is 24.9 Å². The number of carboxylic acids is 2. The van der Waals surface area contributed by atoms with Gasteiger partial charge in [-0.2, -0.15) is 4.98 Å². The molecule has 0 saturated carbocycles. The number of benzene rings is 1. The number of rotatable bonds is 7. The number of nitrogen functional groups attached to an aromatic ring is 1. The summed E-state index contributed by atoms with van der Waals surface area (Å²) >= 11 is 0. The second-order valence-electron chi connectivity index (χ2n) is 7.82. The molecule has 5 N–H and O–H groups in total. The van der Waals surface area contributed by atoms with Crippen LogP contribution < -0.4 is 101 Å². The number of anilines is 4. The molecule has 2 aliphatic heterocycles. The zero-order valence-corrected chi connectivity index (χ0v) is 23.4. The third kappa shape index (κ3) is 6.48. The van der Waals surface area contributed by atoms with Gasteiger partial charge in [0, 0.05) is 30.3 Å². The maximum absolute atomic E-state index is 12.4. The van der Waals surface area contributed by atoms with Crippen LogP contribution in [0.1, 0.15) is 23.2 Å². The molecule has 0 spiro atoms. The molecule has 1 aromatic carbocycles. The van der Waals surface area contributed by atoms with E-state index in [9.17, 15) is 29.4 Å². The molecule has 1 unspecified atom stereocenters. The van der Waals surface area contributed by atoms with Gasteiger partial charge >= 0.3 is 59.1 Å².